The average Bonchev–Trinajstić information content (AvgIpc) is 2.86. The van der Waals surface area contributed by atoms with Gasteiger partial charge in [-0.25, -0.2) is 0 Å². The number of rotatable bonds is 7. The van der Waals surface area contributed by atoms with Gasteiger partial charge < -0.3 is 24.4 Å². The highest BCUT2D eigenvalue weighted by Crippen LogP contribution is 2.32. The third-order valence-corrected chi connectivity index (χ3v) is 5.74. The Balaban J connectivity index is 1.43. The molecule has 176 valence electrons. The molecule has 4 rings (SSSR count). The molecule has 0 bridgehead atoms. The molecule has 1 heterocycles. The number of carbonyl (C=O) groups is 2. The molecule has 0 saturated carbocycles. The molecule has 7 nitrogen and oxygen atoms in total. The van der Waals surface area contributed by atoms with Gasteiger partial charge in [0, 0.05) is 23.5 Å². The second-order valence-corrected chi connectivity index (χ2v) is 8.12. The summed E-state index contributed by atoms with van der Waals surface area (Å²) in [6.45, 7) is 2.53. The maximum absolute atomic E-state index is 13.3. The van der Waals surface area contributed by atoms with Crippen LogP contribution in [-0.4, -0.2) is 39.2 Å². The van der Waals surface area contributed by atoms with Gasteiger partial charge in [-0.1, -0.05) is 17.7 Å². The summed E-state index contributed by atoms with van der Waals surface area (Å²) < 4.78 is 16.2. The fraction of sp³-hybridized carbons (Fsp3) is 0.259. The van der Waals surface area contributed by atoms with Gasteiger partial charge in [0.2, 0.25) is 0 Å². The lowest BCUT2D eigenvalue weighted by Gasteiger charge is -2.30. The van der Waals surface area contributed by atoms with Crippen LogP contribution >= 0.6 is 0 Å². The summed E-state index contributed by atoms with van der Waals surface area (Å²) in [7, 11) is 3.09. The maximum Gasteiger partial charge on any atom is 0.262 e. The van der Waals surface area contributed by atoms with Gasteiger partial charge in [-0.15, -0.1) is 0 Å². The van der Waals surface area contributed by atoms with Crippen molar-refractivity contribution >= 4 is 23.2 Å². The Hall–Kier alpha value is -4.00. The molecule has 3 aromatic carbocycles. The van der Waals surface area contributed by atoms with E-state index in [1.54, 1.807) is 49.6 Å². The molecule has 1 N–H and O–H groups in total. The average molecular weight is 461 g/mol. The predicted octanol–water partition coefficient (Wildman–Crippen LogP) is 4.62. The first-order chi connectivity index (χ1) is 16.5. The molecule has 34 heavy (non-hydrogen) atoms. The lowest BCUT2D eigenvalue weighted by Crippen LogP contribution is -2.35. The van der Waals surface area contributed by atoms with Crippen molar-refractivity contribution in [2.75, 3.05) is 37.6 Å². The first-order valence-corrected chi connectivity index (χ1v) is 11.1. The molecule has 0 spiro atoms. The summed E-state index contributed by atoms with van der Waals surface area (Å²) in [5, 5.41) is 2.77. The number of aryl methyl sites for hydroxylation is 2. The number of nitrogens with one attached hydrogen (secondary N) is 1. The van der Waals surface area contributed by atoms with Crippen molar-refractivity contribution < 1.29 is 23.8 Å². The fourth-order valence-corrected chi connectivity index (χ4v) is 4.03. The number of hydrogen-bond acceptors (Lipinski definition) is 5. The van der Waals surface area contributed by atoms with Gasteiger partial charge in [0.15, 0.2) is 18.1 Å². The van der Waals surface area contributed by atoms with Crippen LogP contribution in [0, 0.1) is 6.92 Å². The van der Waals surface area contributed by atoms with Crippen LogP contribution in [0.5, 0.6) is 17.2 Å². The molecule has 0 saturated heterocycles. The Morgan fingerprint density at radius 3 is 2.47 bits per heavy atom. The van der Waals surface area contributed by atoms with Crippen LogP contribution < -0.4 is 24.4 Å². The smallest absolute Gasteiger partial charge is 0.262 e. The van der Waals surface area contributed by atoms with Gasteiger partial charge in [0.1, 0.15) is 5.75 Å². The Kier molecular flexibility index (Phi) is 7.01. The number of fused-ring (bicyclic) bond motifs is 1. The molecule has 0 unspecified atom stereocenters. The maximum atomic E-state index is 13.3. The minimum atomic E-state index is -0.312. The number of nitrogens with zero attached hydrogens (tertiary/aromatic N) is 1. The van der Waals surface area contributed by atoms with Crippen LogP contribution in [0.1, 0.15) is 27.9 Å². The summed E-state index contributed by atoms with van der Waals surface area (Å²) in [6.07, 6.45) is 1.89. The zero-order chi connectivity index (χ0) is 24.1. The van der Waals surface area contributed by atoms with E-state index in [9.17, 15) is 9.59 Å². The number of methoxy groups -OCH3 is 2. The lowest BCUT2D eigenvalue weighted by atomic mass is 9.99. The number of anilines is 2. The van der Waals surface area contributed by atoms with Gasteiger partial charge in [0.25, 0.3) is 11.8 Å². The highest BCUT2D eigenvalue weighted by atomic mass is 16.5. The molecule has 0 aliphatic carbocycles. The first-order valence-electron chi connectivity index (χ1n) is 11.1. The highest BCUT2D eigenvalue weighted by Gasteiger charge is 2.24. The van der Waals surface area contributed by atoms with Gasteiger partial charge >= 0.3 is 0 Å². The van der Waals surface area contributed by atoms with Crippen molar-refractivity contribution in [1.29, 1.82) is 0 Å². The fourth-order valence-electron chi connectivity index (χ4n) is 4.03. The van der Waals surface area contributed by atoms with Crippen LogP contribution in [0.2, 0.25) is 0 Å². The zero-order valence-corrected chi connectivity index (χ0v) is 19.6. The summed E-state index contributed by atoms with van der Waals surface area (Å²) in [5.41, 5.74) is 4.47. The van der Waals surface area contributed by atoms with Crippen LogP contribution in [-0.2, 0) is 11.2 Å². The van der Waals surface area contributed by atoms with E-state index in [1.165, 1.54) is 18.2 Å². The molecular formula is C27H28N2O5. The summed E-state index contributed by atoms with van der Waals surface area (Å²) in [5.74, 6) is 1.08. The molecule has 0 aromatic heterocycles. The topological polar surface area (TPSA) is 77.1 Å². The first kappa shape index (κ1) is 23.2. The van der Waals surface area contributed by atoms with E-state index in [0.717, 1.165) is 18.5 Å². The Morgan fingerprint density at radius 1 is 0.941 bits per heavy atom. The zero-order valence-electron chi connectivity index (χ0n) is 19.6. The molecule has 0 radical (unpaired) electrons. The molecule has 0 atom stereocenters. The normalized spacial score (nSPS) is 12.5. The number of amides is 2. The molecular weight excluding hydrogens is 432 g/mol. The minimum absolute atomic E-state index is 0.0908. The van der Waals surface area contributed by atoms with Crippen LogP contribution in [0.4, 0.5) is 11.4 Å². The van der Waals surface area contributed by atoms with E-state index in [0.29, 0.717) is 35.0 Å². The summed E-state index contributed by atoms with van der Waals surface area (Å²) >= 11 is 0. The van der Waals surface area contributed by atoms with Crippen LogP contribution in [0.3, 0.4) is 0 Å². The highest BCUT2D eigenvalue weighted by molar-refractivity contribution is 6.07. The monoisotopic (exact) mass is 460 g/mol. The number of hydrogen-bond donors (Lipinski definition) is 1. The third-order valence-electron chi connectivity index (χ3n) is 5.74. The van der Waals surface area contributed by atoms with Crippen LogP contribution in [0.15, 0.2) is 60.7 Å². The van der Waals surface area contributed by atoms with E-state index in [-0.39, 0.29) is 18.4 Å². The van der Waals surface area contributed by atoms with E-state index in [2.05, 4.69) is 18.3 Å². The van der Waals surface area contributed by atoms with Crippen molar-refractivity contribution in [3.8, 4) is 17.2 Å². The standard InChI is InChI=1S/C27H28N2O5/c1-18-6-12-23-19(15-18)5-4-14-29(23)27(31)20-7-13-24(25(16-20)33-3)34-17-26(30)28-21-8-10-22(32-2)11-9-21/h6-13,15-16H,4-5,14,17H2,1-3H3,(H,28,30). The quantitative estimate of drug-likeness (QED) is 0.557. The third kappa shape index (κ3) is 5.14. The molecule has 3 aromatic rings. The van der Waals surface area contributed by atoms with Gasteiger partial charge in [-0.2, -0.15) is 0 Å². The van der Waals surface area contributed by atoms with Crippen molar-refractivity contribution in [1.82, 2.24) is 0 Å². The lowest BCUT2D eigenvalue weighted by molar-refractivity contribution is -0.118. The second kappa shape index (κ2) is 10.3. The van der Waals surface area contributed by atoms with E-state index < -0.39 is 0 Å². The van der Waals surface area contributed by atoms with Crippen LogP contribution in [0.25, 0.3) is 0 Å². The number of ether oxygens (including phenoxy) is 3. The predicted molar refractivity (Wildman–Crippen MR) is 131 cm³/mol. The van der Waals surface area contributed by atoms with Crippen molar-refractivity contribution in [2.24, 2.45) is 0 Å². The molecule has 1 aliphatic rings. The van der Waals surface area contributed by atoms with Gasteiger partial charge in [0.05, 0.1) is 14.2 Å². The Morgan fingerprint density at radius 2 is 1.74 bits per heavy atom. The molecule has 0 fully saturated rings. The SMILES string of the molecule is COc1ccc(NC(=O)COc2ccc(C(=O)N3CCCc4cc(C)ccc43)cc2OC)cc1. The number of carbonyl (C=O) groups excluding carboxylic acids is 2. The largest absolute Gasteiger partial charge is 0.497 e. The van der Waals surface area contributed by atoms with E-state index in [1.807, 2.05) is 17.0 Å². The van der Waals surface area contributed by atoms with Gasteiger partial charge in [-0.05, 0) is 73.9 Å². The van der Waals surface area contributed by atoms with E-state index in [4.69, 9.17) is 14.2 Å². The van der Waals surface area contributed by atoms with Crippen molar-refractivity contribution in [2.45, 2.75) is 19.8 Å². The molecule has 7 heteroatoms. The Bertz CT molecular complexity index is 1190. The van der Waals surface area contributed by atoms with Crippen molar-refractivity contribution in [3.63, 3.8) is 0 Å². The molecule has 1 aliphatic heterocycles. The number of benzene rings is 3. The minimum Gasteiger partial charge on any atom is -0.497 e. The Labute approximate surface area is 199 Å². The summed E-state index contributed by atoms with van der Waals surface area (Å²) in [4.78, 5) is 27.4. The molecule has 2 amide bonds. The van der Waals surface area contributed by atoms with E-state index >= 15 is 0 Å². The summed E-state index contributed by atoms with van der Waals surface area (Å²) in [6, 6.07) is 18.2. The van der Waals surface area contributed by atoms with Gasteiger partial charge in [-0.3, -0.25) is 9.59 Å². The second-order valence-electron chi connectivity index (χ2n) is 8.12. The van der Waals surface area contributed by atoms with Crippen molar-refractivity contribution in [3.05, 3.63) is 77.4 Å².